The van der Waals surface area contributed by atoms with Crippen molar-refractivity contribution in [3.8, 4) is 28.5 Å². The van der Waals surface area contributed by atoms with Crippen molar-refractivity contribution in [1.82, 2.24) is 19.7 Å². The molecule has 2 heterocycles. The second-order valence-corrected chi connectivity index (χ2v) is 8.02. The van der Waals surface area contributed by atoms with E-state index in [9.17, 15) is 9.50 Å². The number of nitrogens with zero attached hydrogens (tertiary/aromatic N) is 4. The molecule has 9 heteroatoms. The van der Waals surface area contributed by atoms with E-state index in [0.717, 1.165) is 24.8 Å². The number of halogens is 1. The van der Waals surface area contributed by atoms with Gasteiger partial charge in [0.2, 0.25) is 5.82 Å². The van der Waals surface area contributed by atoms with Crippen molar-refractivity contribution >= 4 is 16.9 Å². The summed E-state index contributed by atoms with van der Waals surface area (Å²) in [6, 6.07) is 10.8. The van der Waals surface area contributed by atoms with Gasteiger partial charge in [0.1, 0.15) is 23.6 Å². The molecule has 170 valence electrons. The minimum Gasteiger partial charge on any atom is -0.494 e. The minimum absolute atomic E-state index is 0.00530. The molecule has 1 saturated carbocycles. The highest BCUT2D eigenvalue weighted by Crippen LogP contribution is 2.37. The Hall–Kier alpha value is -3.72. The number of benzene rings is 2. The summed E-state index contributed by atoms with van der Waals surface area (Å²) >= 11 is 0. The topological polar surface area (TPSA) is 108 Å². The van der Waals surface area contributed by atoms with Crippen molar-refractivity contribution in [3.63, 3.8) is 0 Å². The molecule has 1 aliphatic rings. The Morgan fingerprint density at radius 1 is 1.15 bits per heavy atom. The lowest BCUT2D eigenvalue weighted by Crippen LogP contribution is -2.23. The van der Waals surface area contributed by atoms with E-state index < -0.39 is 18.6 Å². The quantitative estimate of drug-likeness (QED) is 0.459. The number of aromatic nitrogens is 4. The number of aliphatic hydroxyl groups excluding tert-OH is 1. The summed E-state index contributed by atoms with van der Waals surface area (Å²) in [6.07, 6.45) is 4.14. The van der Waals surface area contributed by atoms with Gasteiger partial charge >= 0.3 is 0 Å². The number of anilines is 1. The van der Waals surface area contributed by atoms with E-state index in [1.807, 2.05) is 4.68 Å². The monoisotopic (exact) mass is 452 g/mol. The first-order valence-corrected chi connectivity index (χ1v) is 10.6. The summed E-state index contributed by atoms with van der Waals surface area (Å²) in [5.41, 5.74) is 8.12. The number of aliphatic hydroxyl groups is 1. The molecule has 2 aromatic carbocycles. The van der Waals surface area contributed by atoms with Crippen molar-refractivity contribution < 1.29 is 23.1 Å². The number of nitrogens with two attached hydrogens (primary N) is 1. The Balaban J connectivity index is 1.45. The third kappa shape index (κ3) is 3.95. The second-order valence-electron chi connectivity index (χ2n) is 8.02. The van der Waals surface area contributed by atoms with E-state index in [4.69, 9.17) is 24.4 Å². The Kier molecular flexibility index (Phi) is 4.67. The molecular weight excluding hydrogens is 425 g/mol. The van der Waals surface area contributed by atoms with E-state index in [0.29, 0.717) is 34.7 Å². The van der Waals surface area contributed by atoms with E-state index in [-0.39, 0.29) is 17.9 Å². The molecule has 5 rings (SSSR count). The van der Waals surface area contributed by atoms with Crippen LogP contribution in [0.1, 0.15) is 35.8 Å². The summed E-state index contributed by atoms with van der Waals surface area (Å²) in [7, 11) is -2.78. The van der Waals surface area contributed by atoms with Gasteiger partial charge in [0.25, 0.3) is 0 Å². The van der Waals surface area contributed by atoms with E-state index >= 15 is 0 Å². The van der Waals surface area contributed by atoms with E-state index in [1.54, 1.807) is 24.3 Å². The lowest BCUT2D eigenvalue weighted by Gasteiger charge is -2.26. The van der Waals surface area contributed by atoms with Crippen LogP contribution in [0, 0.1) is 5.82 Å². The largest absolute Gasteiger partial charge is 0.494 e. The van der Waals surface area contributed by atoms with Crippen LogP contribution in [-0.4, -0.2) is 38.0 Å². The van der Waals surface area contributed by atoms with Crippen LogP contribution in [0.4, 0.5) is 10.2 Å². The Morgan fingerprint density at radius 2 is 1.97 bits per heavy atom. The van der Waals surface area contributed by atoms with Gasteiger partial charge in [0.05, 0.1) is 28.7 Å². The van der Waals surface area contributed by atoms with Gasteiger partial charge in [0, 0.05) is 5.56 Å². The predicted molar refractivity (Wildman–Crippen MR) is 122 cm³/mol. The molecule has 1 fully saturated rings. The zero-order valence-corrected chi connectivity index (χ0v) is 17.6. The normalized spacial score (nSPS) is 20.1. The van der Waals surface area contributed by atoms with Crippen molar-refractivity contribution in [2.45, 2.75) is 37.8 Å². The zero-order chi connectivity index (χ0) is 25.4. The van der Waals surface area contributed by atoms with Crippen LogP contribution in [-0.2, 0) is 0 Å². The van der Waals surface area contributed by atoms with Gasteiger partial charge in [-0.05, 0) is 62.1 Å². The summed E-state index contributed by atoms with van der Waals surface area (Å²) in [5, 5.41) is 15.6. The van der Waals surface area contributed by atoms with Crippen LogP contribution in [0.5, 0.6) is 17.2 Å². The third-order valence-corrected chi connectivity index (χ3v) is 5.88. The number of methoxy groups -OCH3 is 1. The number of nitrogen functional groups attached to an aromatic ring is 1. The smallest absolute Gasteiger partial charge is 0.207 e. The van der Waals surface area contributed by atoms with Gasteiger partial charge < -0.3 is 20.3 Å². The van der Waals surface area contributed by atoms with Gasteiger partial charge in [-0.25, -0.2) is 14.6 Å². The Morgan fingerprint density at radius 3 is 2.76 bits per heavy atom. The molecule has 0 amide bonds. The molecule has 2 atom stereocenters. The highest BCUT2D eigenvalue weighted by molar-refractivity contribution is 5.98. The summed E-state index contributed by atoms with van der Waals surface area (Å²) in [6.45, 7) is 0. The molecule has 8 nitrogen and oxygen atoms in total. The highest BCUT2D eigenvalue weighted by atomic mass is 19.1. The van der Waals surface area contributed by atoms with Crippen molar-refractivity contribution in [2.24, 2.45) is 0 Å². The molecule has 0 unspecified atom stereocenters. The lowest BCUT2D eigenvalue weighted by atomic mass is 9.93. The maximum Gasteiger partial charge on any atom is 0.207 e. The van der Waals surface area contributed by atoms with Gasteiger partial charge in [-0.15, -0.1) is 0 Å². The molecule has 0 saturated heterocycles. The Labute approximate surface area is 194 Å². The van der Waals surface area contributed by atoms with Crippen LogP contribution in [0.25, 0.3) is 22.3 Å². The number of hydrogen-bond acceptors (Lipinski definition) is 7. The predicted octanol–water partition coefficient (Wildman–Crippen LogP) is 4.49. The molecule has 0 radical (unpaired) electrons. The van der Waals surface area contributed by atoms with Crippen LogP contribution >= 0.6 is 0 Å². The molecule has 4 aromatic rings. The molecule has 0 aliphatic heterocycles. The van der Waals surface area contributed by atoms with Gasteiger partial charge in [-0.3, -0.25) is 0 Å². The van der Waals surface area contributed by atoms with Crippen molar-refractivity contribution in [1.29, 1.82) is 0 Å². The molecule has 33 heavy (non-hydrogen) atoms. The number of ether oxygens (including phenoxy) is 2. The standard InChI is InChI=1S/C24H24FN5O3/c1-32-18-6-3-7-19(21(18)25)33-17-10-8-14(9-11-17)22-20-23(26)27-13-28-24(20)30(29-22)15-4-2-5-16(31)12-15/h3,6-11,13,15-16,31H,2,4-5,12H2,1H3,(H2,26,27,28)/t15-,16+/m0/s1/i1D3. The maximum absolute atomic E-state index is 14.7. The molecule has 3 N–H and O–H groups in total. The fourth-order valence-corrected chi connectivity index (χ4v) is 4.27. The molecule has 0 bridgehead atoms. The van der Waals surface area contributed by atoms with E-state index in [2.05, 4.69) is 9.97 Å². The first-order chi connectivity index (χ1) is 17.2. The highest BCUT2D eigenvalue weighted by Gasteiger charge is 2.26. The third-order valence-electron chi connectivity index (χ3n) is 5.88. The van der Waals surface area contributed by atoms with Gasteiger partial charge in [-0.1, -0.05) is 6.07 Å². The first kappa shape index (κ1) is 17.8. The fourth-order valence-electron chi connectivity index (χ4n) is 4.27. The Bertz CT molecular complexity index is 1390. The SMILES string of the molecule is [2H]C([2H])([2H])Oc1cccc(Oc2ccc(-c3nn([C@H]4CCC[C@@H](O)C4)c4ncnc(N)c34)cc2)c1F. The van der Waals surface area contributed by atoms with Crippen LogP contribution < -0.4 is 15.2 Å². The molecular formula is C24H24FN5O3. The summed E-state index contributed by atoms with van der Waals surface area (Å²) in [4.78, 5) is 8.54. The van der Waals surface area contributed by atoms with Crippen LogP contribution in [0.3, 0.4) is 0 Å². The second kappa shape index (κ2) is 8.67. The zero-order valence-electron chi connectivity index (χ0n) is 20.6. The number of rotatable bonds is 5. The average molecular weight is 453 g/mol. The van der Waals surface area contributed by atoms with Crippen molar-refractivity contribution in [3.05, 3.63) is 54.6 Å². The minimum atomic E-state index is -2.78. The molecule has 1 aliphatic carbocycles. The average Bonchev–Trinajstić information content (AvgIpc) is 3.22. The molecule has 2 aromatic heterocycles. The van der Waals surface area contributed by atoms with E-state index in [1.165, 1.54) is 24.5 Å². The fraction of sp³-hybridized carbons (Fsp3) is 0.292. The number of fused-ring (bicyclic) bond motifs is 1. The summed E-state index contributed by atoms with van der Waals surface area (Å²) in [5.74, 6) is -0.891. The van der Waals surface area contributed by atoms with Crippen LogP contribution in [0.2, 0.25) is 0 Å². The lowest BCUT2D eigenvalue weighted by molar-refractivity contribution is 0.101. The van der Waals surface area contributed by atoms with Gasteiger partial charge in [-0.2, -0.15) is 9.49 Å². The van der Waals surface area contributed by atoms with Crippen LogP contribution in [0.15, 0.2) is 48.8 Å². The van der Waals surface area contributed by atoms with Crippen molar-refractivity contribution in [2.75, 3.05) is 12.8 Å². The number of hydrogen-bond donors (Lipinski definition) is 2. The summed E-state index contributed by atoms with van der Waals surface area (Å²) < 4.78 is 48.4. The molecule has 0 spiro atoms. The van der Waals surface area contributed by atoms with Gasteiger partial charge in [0.15, 0.2) is 17.1 Å². The first-order valence-electron chi connectivity index (χ1n) is 12.1. The maximum atomic E-state index is 14.7.